The Balaban J connectivity index is 1.75. The fourth-order valence-electron chi connectivity index (χ4n) is 1.85. The maximum absolute atomic E-state index is 9.28. The molecule has 0 amide bonds. The summed E-state index contributed by atoms with van der Waals surface area (Å²) in [5, 5.41) is 12.7. The first-order valence-electron chi connectivity index (χ1n) is 5.32. The van der Waals surface area contributed by atoms with Gasteiger partial charge in [-0.15, -0.1) is 0 Å². The molecule has 1 saturated carbocycles. The van der Waals surface area contributed by atoms with Gasteiger partial charge >= 0.3 is 0 Å². The first-order chi connectivity index (χ1) is 7.28. The van der Waals surface area contributed by atoms with Crippen LogP contribution in [0, 0.1) is 0 Å². The van der Waals surface area contributed by atoms with Crippen LogP contribution in [0.15, 0.2) is 24.3 Å². The van der Waals surface area contributed by atoms with Gasteiger partial charge in [0.05, 0.1) is 6.10 Å². The minimum absolute atomic E-state index is 0.331. The molecule has 0 spiro atoms. The highest BCUT2D eigenvalue weighted by molar-refractivity contribution is 5.27. The second kappa shape index (κ2) is 4.64. The van der Waals surface area contributed by atoms with Crippen molar-refractivity contribution in [3.05, 3.63) is 29.8 Å². The number of methoxy groups -OCH3 is 1. The van der Waals surface area contributed by atoms with Crippen LogP contribution in [0.25, 0.3) is 0 Å². The molecular weight excluding hydrogens is 190 g/mol. The van der Waals surface area contributed by atoms with Crippen LogP contribution in [0.3, 0.4) is 0 Å². The van der Waals surface area contributed by atoms with Crippen molar-refractivity contribution in [3.8, 4) is 5.75 Å². The maximum atomic E-state index is 9.28. The first-order valence-corrected chi connectivity index (χ1v) is 5.32. The number of ether oxygens (including phenoxy) is 1. The van der Waals surface area contributed by atoms with E-state index in [4.69, 9.17) is 4.74 Å². The van der Waals surface area contributed by atoms with Gasteiger partial charge in [0.25, 0.3) is 0 Å². The Morgan fingerprint density at radius 3 is 2.93 bits per heavy atom. The van der Waals surface area contributed by atoms with Crippen LogP contribution in [-0.2, 0) is 11.3 Å². The number of hydrogen-bond donors (Lipinski definition) is 2. The summed E-state index contributed by atoms with van der Waals surface area (Å²) in [6, 6.07) is 7.93. The lowest BCUT2D eigenvalue weighted by Crippen LogP contribution is -2.44. The molecule has 82 valence electrons. The Morgan fingerprint density at radius 1 is 1.47 bits per heavy atom. The minimum Gasteiger partial charge on any atom is -0.508 e. The fraction of sp³-hybridized carbons (Fsp3) is 0.500. The van der Waals surface area contributed by atoms with E-state index in [1.54, 1.807) is 19.2 Å². The molecule has 3 heteroatoms. The predicted octanol–water partition coefficient (Wildman–Crippen LogP) is 1.66. The Hall–Kier alpha value is -1.06. The molecule has 0 saturated heterocycles. The molecule has 3 nitrogen and oxygen atoms in total. The average Bonchev–Trinajstić information content (AvgIpc) is 2.16. The first kappa shape index (κ1) is 10.5. The number of benzene rings is 1. The SMILES string of the molecule is COC1CC(NCc2cccc(O)c2)C1. The molecule has 2 N–H and O–H groups in total. The molecule has 1 fully saturated rings. The Kier molecular flexibility index (Phi) is 3.23. The number of phenolic OH excluding ortho intramolecular Hbond substituents is 1. The predicted molar refractivity (Wildman–Crippen MR) is 58.8 cm³/mol. The molecule has 2 rings (SSSR count). The van der Waals surface area contributed by atoms with E-state index in [0.29, 0.717) is 17.9 Å². The van der Waals surface area contributed by atoms with E-state index in [2.05, 4.69) is 5.32 Å². The summed E-state index contributed by atoms with van der Waals surface area (Å²) in [5.41, 5.74) is 1.12. The van der Waals surface area contributed by atoms with Crippen LogP contribution in [0.4, 0.5) is 0 Å². The van der Waals surface area contributed by atoms with Gasteiger partial charge in [-0.25, -0.2) is 0 Å². The van der Waals surface area contributed by atoms with E-state index in [1.807, 2.05) is 12.1 Å². The summed E-state index contributed by atoms with van der Waals surface area (Å²) in [4.78, 5) is 0. The summed E-state index contributed by atoms with van der Waals surface area (Å²) >= 11 is 0. The van der Waals surface area contributed by atoms with Gasteiger partial charge in [-0.05, 0) is 30.5 Å². The smallest absolute Gasteiger partial charge is 0.115 e. The zero-order valence-corrected chi connectivity index (χ0v) is 8.94. The summed E-state index contributed by atoms with van der Waals surface area (Å²) in [7, 11) is 1.76. The normalized spacial score (nSPS) is 24.9. The summed E-state index contributed by atoms with van der Waals surface area (Å²) in [5.74, 6) is 0.331. The van der Waals surface area contributed by atoms with Gasteiger partial charge in [-0.2, -0.15) is 0 Å². The fourth-order valence-corrected chi connectivity index (χ4v) is 1.85. The Bertz CT molecular complexity index is 321. The lowest BCUT2D eigenvalue weighted by Gasteiger charge is -2.34. The van der Waals surface area contributed by atoms with Gasteiger partial charge in [0.1, 0.15) is 5.75 Å². The third kappa shape index (κ3) is 2.70. The van der Waals surface area contributed by atoms with Crippen LogP contribution in [0.5, 0.6) is 5.75 Å². The van der Waals surface area contributed by atoms with Crippen LogP contribution >= 0.6 is 0 Å². The highest BCUT2D eigenvalue weighted by Crippen LogP contribution is 2.23. The molecular formula is C12H17NO2. The van der Waals surface area contributed by atoms with Crippen LogP contribution in [0.1, 0.15) is 18.4 Å². The molecule has 0 aromatic heterocycles. The van der Waals surface area contributed by atoms with Crippen molar-refractivity contribution in [3.63, 3.8) is 0 Å². The summed E-state index contributed by atoms with van der Waals surface area (Å²) in [6.45, 7) is 0.815. The molecule has 0 unspecified atom stereocenters. The third-order valence-electron chi connectivity index (χ3n) is 2.93. The Labute approximate surface area is 90.1 Å². The zero-order chi connectivity index (χ0) is 10.7. The highest BCUT2D eigenvalue weighted by atomic mass is 16.5. The van der Waals surface area contributed by atoms with Gasteiger partial charge < -0.3 is 15.2 Å². The van der Waals surface area contributed by atoms with Crippen molar-refractivity contribution in [2.24, 2.45) is 0 Å². The molecule has 1 aromatic rings. The highest BCUT2D eigenvalue weighted by Gasteiger charge is 2.28. The van der Waals surface area contributed by atoms with Crippen molar-refractivity contribution in [2.75, 3.05) is 7.11 Å². The maximum Gasteiger partial charge on any atom is 0.115 e. The van der Waals surface area contributed by atoms with Crippen molar-refractivity contribution in [1.82, 2.24) is 5.32 Å². The van der Waals surface area contributed by atoms with E-state index in [0.717, 1.165) is 24.9 Å². The van der Waals surface area contributed by atoms with E-state index in [9.17, 15) is 5.11 Å². The van der Waals surface area contributed by atoms with Crippen molar-refractivity contribution < 1.29 is 9.84 Å². The van der Waals surface area contributed by atoms with Gasteiger partial charge in [-0.3, -0.25) is 0 Å². The molecule has 0 bridgehead atoms. The van der Waals surface area contributed by atoms with Crippen molar-refractivity contribution in [2.45, 2.75) is 31.5 Å². The van der Waals surface area contributed by atoms with Crippen molar-refractivity contribution >= 4 is 0 Å². The molecule has 15 heavy (non-hydrogen) atoms. The van der Waals surface area contributed by atoms with Crippen LogP contribution in [0.2, 0.25) is 0 Å². The lowest BCUT2D eigenvalue weighted by atomic mass is 9.89. The quantitative estimate of drug-likeness (QED) is 0.789. The number of phenols is 1. The molecule has 0 heterocycles. The molecule has 0 atom stereocenters. The van der Waals surface area contributed by atoms with Gasteiger partial charge in [0, 0.05) is 19.7 Å². The second-order valence-electron chi connectivity index (χ2n) is 4.08. The van der Waals surface area contributed by atoms with E-state index >= 15 is 0 Å². The molecule has 1 aliphatic carbocycles. The third-order valence-corrected chi connectivity index (χ3v) is 2.93. The number of hydrogen-bond acceptors (Lipinski definition) is 3. The standard InChI is InChI=1S/C12H17NO2/c1-15-12-6-10(7-12)13-8-9-3-2-4-11(14)5-9/h2-5,10,12-14H,6-8H2,1H3. The Morgan fingerprint density at radius 2 is 2.27 bits per heavy atom. The van der Waals surface area contributed by atoms with Gasteiger partial charge in [0.2, 0.25) is 0 Å². The number of rotatable bonds is 4. The largest absolute Gasteiger partial charge is 0.508 e. The zero-order valence-electron chi connectivity index (χ0n) is 8.94. The molecule has 0 aliphatic heterocycles. The summed E-state index contributed by atoms with van der Waals surface area (Å²) in [6.07, 6.45) is 2.62. The van der Waals surface area contributed by atoms with E-state index in [-0.39, 0.29) is 0 Å². The van der Waals surface area contributed by atoms with E-state index < -0.39 is 0 Å². The van der Waals surface area contributed by atoms with Crippen LogP contribution in [-0.4, -0.2) is 24.4 Å². The van der Waals surface area contributed by atoms with Crippen molar-refractivity contribution in [1.29, 1.82) is 0 Å². The monoisotopic (exact) mass is 207 g/mol. The average molecular weight is 207 g/mol. The van der Waals surface area contributed by atoms with Gasteiger partial charge in [-0.1, -0.05) is 12.1 Å². The molecule has 0 radical (unpaired) electrons. The topological polar surface area (TPSA) is 41.5 Å². The summed E-state index contributed by atoms with van der Waals surface area (Å²) < 4.78 is 5.21. The second-order valence-corrected chi connectivity index (χ2v) is 4.08. The lowest BCUT2D eigenvalue weighted by molar-refractivity contribution is 0.0170. The number of nitrogens with one attached hydrogen (secondary N) is 1. The van der Waals surface area contributed by atoms with Crippen LogP contribution < -0.4 is 5.32 Å². The van der Waals surface area contributed by atoms with Gasteiger partial charge in [0.15, 0.2) is 0 Å². The molecule has 1 aliphatic rings. The number of aromatic hydroxyl groups is 1. The molecule has 1 aromatic carbocycles. The van der Waals surface area contributed by atoms with E-state index in [1.165, 1.54) is 0 Å². The minimum atomic E-state index is 0.331.